The minimum atomic E-state index is 0.584. The maximum atomic E-state index is 3.50. The van der Waals surface area contributed by atoms with Gasteiger partial charge < -0.3 is 5.32 Å². The molecule has 1 aromatic heterocycles. The molecule has 0 saturated heterocycles. The topological polar surface area (TPSA) is 12.0 Å². The first-order valence-electron chi connectivity index (χ1n) is 4.57. The Morgan fingerprint density at radius 3 is 2.54 bits per heavy atom. The van der Waals surface area contributed by atoms with Crippen LogP contribution in [-0.2, 0) is 6.54 Å². The van der Waals surface area contributed by atoms with Gasteiger partial charge in [-0.3, -0.25) is 0 Å². The van der Waals surface area contributed by atoms with E-state index >= 15 is 0 Å². The lowest BCUT2D eigenvalue weighted by molar-refractivity contribution is 0.428. The van der Waals surface area contributed by atoms with Crippen LogP contribution in [0.25, 0.3) is 0 Å². The number of hydrogen-bond acceptors (Lipinski definition) is 2. The summed E-state index contributed by atoms with van der Waals surface area (Å²) in [5, 5.41) is 3.50. The van der Waals surface area contributed by atoms with Gasteiger partial charge in [-0.1, -0.05) is 13.8 Å². The molecule has 0 spiro atoms. The average molecular weight is 262 g/mol. The highest BCUT2D eigenvalue weighted by atomic mass is 79.9. The molecule has 3 heteroatoms. The Hall–Kier alpha value is 0.140. The van der Waals surface area contributed by atoms with Gasteiger partial charge in [-0.25, -0.2) is 0 Å². The fourth-order valence-electron chi connectivity index (χ4n) is 0.944. The summed E-state index contributed by atoms with van der Waals surface area (Å²) < 4.78 is 1.21. The number of hydrogen-bond donors (Lipinski definition) is 1. The molecule has 1 atom stereocenters. The summed E-state index contributed by atoms with van der Waals surface area (Å²) in [4.78, 5) is 1.39. The Balaban J connectivity index is 2.35. The van der Waals surface area contributed by atoms with Crippen LogP contribution in [0.4, 0.5) is 0 Å². The van der Waals surface area contributed by atoms with Crippen molar-refractivity contribution in [3.05, 3.63) is 20.8 Å². The molecule has 0 unspecified atom stereocenters. The molecule has 0 aliphatic carbocycles. The van der Waals surface area contributed by atoms with Crippen molar-refractivity contribution < 1.29 is 0 Å². The van der Waals surface area contributed by atoms with Crippen LogP contribution < -0.4 is 5.32 Å². The van der Waals surface area contributed by atoms with E-state index in [9.17, 15) is 0 Å². The molecule has 0 amide bonds. The van der Waals surface area contributed by atoms with Gasteiger partial charge in [-0.2, -0.15) is 0 Å². The van der Waals surface area contributed by atoms with Gasteiger partial charge in [0.25, 0.3) is 0 Å². The second kappa shape index (κ2) is 5.13. The molecule has 0 fully saturated rings. The smallest absolute Gasteiger partial charge is 0.0701 e. The summed E-state index contributed by atoms with van der Waals surface area (Å²) in [5.41, 5.74) is 0. The van der Waals surface area contributed by atoms with Gasteiger partial charge >= 0.3 is 0 Å². The van der Waals surface area contributed by atoms with Gasteiger partial charge in [0.15, 0.2) is 0 Å². The Bertz CT molecular complexity index is 257. The predicted molar refractivity (Wildman–Crippen MR) is 63.2 cm³/mol. The van der Waals surface area contributed by atoms with Gasteiger partial charge in [0.2, 0.25) is 0 Å². The molecule has 13 heavy (non-hydrogen) atoms. The van der Waals surface area contributed by atoms with E-state index < -0.39 is 0 Å². The first-order chi connectivity index (χ1) is 6.09. The van der Waals surface area contributed by atoms with Crippen molar-refractivity contribution >= 4 is 27.3 Å². The van der Waals surface area contributed by atoms with Crippen LogP contribution in [0.5, 0.6) is 0 Å². The molecular weight excluding hydrogens is 246 g/mol. The number of thiophene rings is 1. The van der Waals surface area contributed by atoms with E-state index in [0.717, 1.165) is 6.54 Å². The van der Waals surface area contributed by atoms with Gasteiger partial charge in [-0.15, -0.1) is 11.3 Å². The minimum Gasteiger partial charge on any atom is -0.309 e. The van der Waals surface area contributed by atoms with E-state index in [2.05, 4.69) is 54.2 Å². The fourth-order valence-corrected chi connectivity index (χ4v) is 2.38. The third-order valence-corrected chi connectivity index (χ3v) is 3.85. The lowest BCUT2D eigenvalue weighted by atomic mass is 10.1. The van der Waals surface area contributed by atoms with Crippen molar-refractivity contribution in [2.24, 2.45) is 5.92 Å². The number of nitrogens with one attached hydrogen (secondary N) is 1. The largest absolute Gasteiger partial charge is 0.309 e. The zero-order valence-corrected chi connectivity index (χ0v) is 10.7. The molecule has 1 heterocycles. The molecule has 0 radical (unpaired) electrons. The Morgan fingerprint density at radius 1 is 1.38 bits per heavy atom. The van der Waals surface area contributed by atoms with Crippen molar-refractivity contribution in [2.75, 3.05) is 0 Å². The Labute approximate surface area is 92.7 Å². The van der Waals surface area contributed by atoms with E-state index in [1.54, 1.807) is 11.3 Å². The highest BCUT2D eigenvalue weighted by Gasteiger charge is 2.06. The number of halogens is 1. The van der Waals surface area contributed by atoms with Gasteiger partial charge in [-0.05, 0) is 40.9 Å². The van der Waals surface area contributed by atoms with Crippen LogP contribution in [0, 0.1) is 5.92 Å². The summed E-state index contributed by atoms with van der Waals surface area (Å²) in [7, 11) is 0. The molecule has 0 saturated carbocycles. The van der Waals surface area contributed by atoms with Crippen LogP contribution in [0.2, 0.25) is 0 Å². The normalized spacial score (nSPS) is 13.6. The summed E-state index contributed by atoms with van der Waals surface area (Å²) in [6.45, 7) is 7.69. The van der Waals surface area contributed by atoms with Crippen LogP contribution in [-0.4, -0.2) is 6.04 Å². The summed E-state index contributed by atoms with van der Waals surface area (Å²) in [6.07, 6.45) is 0. The molecule has 0 bridgehead atoms. The first-order valence-corrected chi connectivity index (χ1v) is 6.18. The number of rotatable bonds is 4. The van der Waals surface area contributed by atoms with Crippen molar-refractivity contribution in [3.8, 4) is 0 Å². The maximum absolute atomic E-state index is 3.50. The van der Waals surface area contributed by atoms with Crippen LogP contribution in [0.3, 0.4) is 0 Å². The highest BCUT2D eigenvalue weighted by molar-refractivity contribution is 9.11. The third kappa shape index (κ3) is 3.79. The molecule has 1 N–H and O–H groups in total. The van der Waals surface area contributed by atoms with E-state index in [0.29, 0.717) is 12.0 Å². The van der Waals surface area contributed by atoms with Crippen molar-refractivity contribution in [3.63, 3.8) is 0 Å². The molecule has 74 valence electrons. The van der Waals surface area contributed by atoms with E-state index in [1.165, 1.54) is 8.66 Å². The van der Waals surface area contributed by atoms with E-state index in [4.69, 9.17) is 0 Å². The Morgan fingerprint density at radius 2 is 2.08 bits per heavy atom. The molecule has 1 rings (SSSR count). The zero-order valence-electron chi connectivity index (χ0n) is 8.30. The highest BCUT2D eigenvalue weighted by Crippen LogP contribution is 2.21. The average Bonchev–Trinajstić information content (AvgIpc) is 2.47. The van der Waals surface area contributed by atoms with Gasteiger partial charge in [0, 0.05) is 17.5 Å². The van der Waals surface area contributed by atoms with Crippen LogP contribution >= 0.6 is 27.3 Å². The summed E-state index contributed by atoms with van der Waals surface area (Å²) in [5.74, 6) is 0.698. The second-order valence-corrected chi connectivity index (χ2v) is 6.17. The van der Waals surface area contributed by atoms with Crippen molar-refractivity contribution in [2.45, 2.75) is 33.4 Å². The lowest BCUT2D eigenvalue weighted by Crippen LogP contribution is -2.29. The van der Waals surface area contributed by atoms with Crippen molar-refractivity contribution in [1.82, 2.24) is 5.32 Å². The standard InChI is InChI=1S/C10H16BrNS/c1-7(2)8(3)12-6-9-4-5-10(11)13-9/h4-5,7-8,12H,6H2,1-3H3/t8-/m0/s1. The van der Waals surface area contributed by atoms with Crippen molar-refractivity contribution in [1.29, 1.82) is 0 Å². The summed E-state index contributed by atoms with van der Waals surface area (Å²) >= 11 is 5.25. The minimum absolute atomic E-state index is 0.584. The predicted octanol–water partition coefficient (Wildman–Crippen LogP) is 3.64. The lowest BCUT2D eigenvalue weighted by Gasteiger charge is -2.16. The maximum Gasteiger partial charge on any atom is 0.0701 e. The molecule has 1 aromatic rings. The van der Waals surface area contributed by atoms with E-state index in [-0.39, 0.29) is 0 Å². The van der Waals surface area contributed by atoms with Crippen LogP contribution in [0.15, 0.2) is 15.9 Å². The monoisotopic (exact) mass is 261 g/mol. The molecule has 0 aliphatic rings. The van der Waals surface area contributed by atoms with Gasteiger partial charge in [0.05, 0.1) is 3.79 Å². The Kier molecular flexibility index (Phi) is 4.42. The van der Waals surface area contributed by atoms with Crippen LogP contribution in [0.1, 0.15) is 25.6 Å². The zero-order chi connectivity index (χ0) is 9.84. The third-order valence-electron chi connectivity index (χ3n) is 2.23. The summed E-state index contributed by atoms with van der Waals surface area (Å²) in [6, 6.07) is 4.84. The molecule has 0 aliphatic heterocycles. The molecule has 1 nitrogen and oxygen atoms in total. The quantitative estimate of drug-likeness (QED) is 0.873. The van der Waals surface area contributed by atoms with E-state index in [1.807, 2.05) is 0 Å². The first kappa shape index (κ1) is 11.2. The SMILES string of the molecule is CC(C)[C@H](C)NCc1ccc(Br)s1. The molecular formula is C10H16BrNS. The molecule has 0 aromatic carbocycles. The fraction of sp³-hybridized carbons (Fsp3) is 0.600. The second-order valence-electron chi connectivity index (χ2n) is 3.62. The van der Waals surface area contributed by atoms with Gasteiger partial charge in [0.1, 0.15) is 0 Å².